The van der Waals surface area contributed by atoms with E-state index in [-0.39, 0.29) is 0 Å². The first-order valence-corrected chi connectivity index (χ1v) is 24.4. The number of thiophene rings is 2. The molecule has 0 radical (unpaired) electrons. The number of ether oxygens (including phenoxy) is 10. The molecule has 342 valence electrons. The van der Waals surface area contributed by atoms with Gasteiger partial charge in [0.1, 0.15) is 48.8 Å². The Bertz CT molecular complexity index is 2870. The van der Waals surface area contributed by atoms with Crippen LogP contribution in [0.1, 0.15) is 102 Å². The molecule has 6 fully saturated rings. The number of aromatic nitrogens is 4. The van der Waals surface area contributed by atoms with Crippen LogP contribution in [-0.2, 0) is 47.4 Å². The Morgan fingerprint density at radius 1 is 0.424 bits per heavy atom. The van der Waals surface area contributed by atoms with E-state index in [1.807, 2.05) is 67.5 Å². The van der Waals surface area contributed by atoms with Crippen LogP contribution >= 0.6 is 22.7 Å². The maximum Gasteiger partial charge on any atom is 0.190 e. The van der Waals surface area contributed by atoms with Gasteiger partial charge in [-0.05, 0) is 149 Å². The molecule has 0 amide bonds. The van der Waals surface area contributed by atoms with E-state index in [4.69, 9.17) is 57.3 Å². The highest BCUT2D eigenvalue weighted by Crippen LogP contribution is 2.52. The van der Waals surface area contributed by atoms with Crippen molar-refractivity contribution in [3.8, 4) is 22.3 Å². The number of rotatable bonds is 4. The van der Waals surface area contributed by atoms with Crippen molar-refractivity contribution in [2.24, 2.45) is 0 Å². The standard InChI is InChI=1S/C50H50N4O10S2/c1-47(2)57-39-37(55-45-43(41(39)59-47)61-49(5,6)63-45)35-29-13-9-25(51-29)33(23-17-19-65-21-23)27-11-15-31(53-27)36(38-40-42(60-48(3,4)58-40)44-46(56-38)64-50(7,8)62-44)32-16-12-28(54-32)34(24-18-20-66-22-24)26-10-14-30(35)52-26/h9-22,37-46,51-52H,1-8H3/t37-,38-,39+,40+,41+,42+,43-,44-,45-,46-/m1/s1. The van der Waals surface area contributed by atoms with Gasteiger partial charge < -0.3 is 57.3 Å². The van der Waals surface area contributed by atoms with Gasteiger partial charge in [0.05, 0.1) is 22.8 Å². The molecular weight excluding hydrogens is 881 g/mol. The molecule has 8 aliphatic rings. The molecule has 0 aliphatic carbocycles. The van der Waals surface area contributed by atoms with Crippen molar-refractivity contribution in [2.45, 2.75) is 140 Å². The maximum absolute atomic E-state index is 7.01. The van der Waals surface area contributed by atoms with Crippen LogP contribution in [0.4, 0.5) is 0 Å². The lowest BCUT2D eigenvalue weighted by atomic mass is 9.92. The van der Waals surface area contributed by atoms with Crippen molar-refractivity contribution < 1.29 is 47.4 Å². The highest BCUT2D eigenvalue weighted by atomic mass is 32.1. The molecule has 6 saturated heterocycles. The summed E-state index contributed by atoms with van der Waals surface area (Å²) in [5.74, 6) is -3.57. The fourth-order valence-electron chi connectivity index (χ4n) is 11.0. The quantitative estimate of drug-likeness (QED) is 0.173. The lowest BCUT2D eigenvalue weighted by Gasteiger charge is -2.37. The zero-order chi connectivity index (χ0) is 45.1. The predicted octanol–water partition coefficient (Wildman–Crippen LogP) is 10.3. The van der Waals surface area contributed by atoms with Crippen molar-refractivity contribution in [1.82, 2.24) is 19.9 Å². The second-order valence-corrected chi connectivity index (χ2v) is 21.3. The van der Waals surface area contributed by atoms with Crippen LogP contribution in [0.25, 0.3) is 68.6 Å². The summed E-state index contributed by atoms with van der Waals surface area (Å²) < 4.78 is 66.4. The third-order valence-corrected chi connectivity index (χ3v) is 14.7. The second-order valence-electron chi connectivity index (χ2n) is 19.8. The summed E-state index contributed by atoms with van der Waals surface area (Å²) in [6.45, 7) is 15.3. The number of hydrogen-bond donors (Lipinski definition) is 2. The number of H-pyrrole nitrogens is 2. The van der Waals surface area contributed by atoms with Gasteiger partial charge in [-0.25, -0.2) is 9.97 Å². The largest absolute Gasteiger partial charge is 0.355 e. The van der Waals surface area contributed by atoms with Crippen LogP contribution in [0.15, 0.2) is 57.9 Å². The SMILES string of the molecule is CC1(C)O[C@H]2[C@@H](O1)[C@@H](c1c3nc(c(-c4ccsc4)c4ccc([nH]4)c([C@H]4O[C@@H]5OC(C)(C)O[C@@H]5[C@H]5OC(C)(C)O[C@H]54)c4ccc([nH]4)c(-c4ccsc4)c4nc1C=C4)C=C3)O[C@@H]1OC(C)(C)O[C@@H]12. The Labute approximate surface area is 388 Å². The summed E-state index contributed by atoms with van der Waals surface area (Å²) in [4.78, 5) is 18.6. The topological polar surface area (TPSA) is 150 Å². The first-order chi connectivity index (χ1) is 31.6. The minimum Gasteiger partial charge on any atom is -0.355 e. The average molecular weight is 931 g/mol. The van der Waals surface area contributed by atoms with Gasteiger partial charge in [0.15, 0.2) is 35.7 Å². The van der Waals surface area contributed by atoms with Gasteiger partial charge in [-0.1, -0.05) is 0 Å². The molecule has 0 saturated carbocycles. The minimum absolute atomic E-state index is 0.465. The first-order valence-electron chi connectivity index (χ1n) is 22.5. The molecule has 16 heteroatoms. The fraction of sp³-hybridized carbons (Fsp3) is 0.440. The lowest BCUT2D eigenvalue weighted by Crippen LogP contribution is -2.51. The summed E-state index contributed by atoms with van der Waals surface area (Å²) in [6.07, 6.45) is 2.43. The van der Waals surface area contributed by atoms with Gasteiger partial charge in [0.25, 0.3) is 0 Å². The zero-order valence-electron chi connectivity index (χ0n) is 37.6. The number of aromatic amines is 2. The molecule has 14 nitrogen and oxygen atoms in total. The van der Waals surface area contributed by atoms with Gasteiger partial charge >= 0.3 is 0 Å². The third-order valence-electron chi connectivity index (χ3n) is 13.3. The highest BCUT2D eigenvalue weighted by Gasteiger charge is 2.63. The van der Waals surface area contributed by atoms with Crippen molar-refractivity contribution in [2.75, 3.05) is 0 Å². The van der Waals surface area contributed by atoms with Crippen molar-refractivity contribution in [3.63, 3.8) is 0 Å². The Kier molecular flexibility index (Phi) is 9.21. The Hall–Kier alpha value is -4.40. The van der Waals surface area contributed by atoms with Crippen LogP contribution in [-0.4, -0.2) is 92.3 Å². The molecule has 5 aromatic rings. The Balaban J connectivity index is 1.09. The van der Waals surface area contributed by atoms with Crippen LogP contribution in [0.5, 0.6) is 0 Å². The summed E-state index contributed by atoms with van der Waals surface area (Å²) >= 11 is 3.26. The summed E-state index contributed by atoms with van der Waals surface area (Å²) in [5, 5.41) is 8.44. The Morgan fingerprint density at radius 2 is 0.803 bits per heavy atom. The first kappa shape index (κ1) is 41.8. The monoisotopic (exact) mass is 930 g/mol. The molecule has 0 spiro atoms. The molecular formula is C50H50N4O10S2. The summed E-state index contributed by atoms with van der Waals surface area (Å²) in [6, 6.07) is 12.6. The average Bonchev–Trinajstić information content (AvgIpc) is 4.09. The molecule has 13 rings (SSSR count). The Morgan fingerprint density at radius 3 is 1.24 bits per heavy atom. The van der Waals surface area contributed by atoms with E-state index in [1.165, 1.54) is 0 Å². The zero-order valence-corrected chi connectivity index (χ0v) is 39.3. The van der Waals surface area contributed by atoms with Crippen molar-refractivity contribution >= 4 is 69.0 Å². The molecule has 0 aromatic carbocycles. The predicted molar refractivity (Wildman–Crippen MR) is 248 cm³/mol. The van der Waals surface area contributed by atoms with Gasteiger partial charge in [0.2, 0.25) is 0 Å². The second kappa shape index (κ2) is 14.6. The van der Waals surface area contributed by atoms with E-state index in [9.17, 15) is 0 Å². The highest BCUT2D eigenvalue weighted by molar-refractivity contribution is 7.08. The maximum atomic E-state index is 7.01. The lowest BCUT2D eigenvalue weighted by molar-refractivity contribution is -0.236. The number of nitrogens with zero attached hydrogens (tertiary/aromatic N) is 2. The smallest absolute Gasteiger partial charge is 0.190 e. The van der Waals surface area contributed by atoms with E-state index in [0.29, 0.717) is 11.4 Å². The van der Waals surface area contributed by atoms with Crippen LogP contribution < -0.4 is 0 Å². The van der Waals surface area contributed by atoms with Crippen molar-refractivity contribution in [1.29, 1.82) is 0 Å². The van der Waals surface area contributed by atoms with Crippen LogP contribution in [0, 0.1) is 0 Å². The fourth-order valence-corrected chi connectivity index (χ4v) is 12.3. The molecule has 5 aromatic heterocycles. The molecule has 13 heterocycles. The molecule has 10 atom stereocenters. The van der Waals surface area contributed by atoms with E-state index >= 15 is 0 Å². The van der Waals surface area contributed by atoms with E-state index in [0.717, 1.165) is 66.8 Å². The van der Waals surface area contributed by atoms with Gasteiger partial charge in [-0.2, -0.15) is 22.7 Å². The summed E-state index contributed by atoms with van der Waals surface area (Å²) in [7, 11) is 0. The van der Waals surface area contributed by atoms with E-state index in [1.54, 1.807) is 22.7 Å². The number of hydrogen-bond acceptors (Lipinski definition) is 14. The molecule has 8 bridgehead atoms. The molecule has 0 unspecified atom stereocenters. The number of nitrogens with one attached hydrogen (secondary N) is 2. The van der Waals surface area contributed by atoms with Crippen LogP contribution in [0.2, 0.25) is 0 Å². The molecule has 8 aliphatic heterocycles. The normalized spacial score (nSPS) is 32.9. The number of fused-ring (bicyclic) bond motifs is 14. The van der Waals surface area contributed by atoms with Gasteiger partial charge in [0, 0.05) is 44.3 Å². The van der Waals surface area contributed by atoms with Gasteiger partial charge in [-0.3, -0.25) is 0 Å². The minimum atomic E-state index is -0.908. The van der Waals surface area contributed by atoms with Crippen LogP contribution in [0.3, 0.4) is 0 Å². The molecule has 2 N–H and O–H groups in total. The summed E-state index contributed by atoms with van der Waals surface area (Å²) in [5.41, 5.74) is 11.8. The van der Waals surface area contributed by atoms with E-state index < -0.39 is 84.6 Å². The third kappa shape index (κ3) is 6.79. The van der Waals surface area contributed by atoms with E-state index in [2.05, 4.69) is 80.0 Å². The molecule has 66 heavy (non-hydrogen) atoms. The van der Waals surface area contributed by atoms with Crippen molar-refractivity contribution in [3.05, 3.63) is 91.8 Å². The van der Waals surface area contributed by atoms with Gasteiger partial charge in [-0.15, -0.1) is 0 Å².